The second-order valence-electron chi connectivity index (χ2n) is 17.0. The fourth-order valence-electron chi connectivity index (χ4n) is 10.8. The second kappa shape index (κ2) is 12.8. The van der Waals surface area contributed by atoms with Crippen LogP contribution in [-0.4, -0.2) is 3.26 Å². The van der Waals surface area contributed by atoms with Crippen LogP contribution >= 0.6 is 0 Å². The molecule has 0 radical (unpaired) electrons. The number of benzene rings is 6. The Hall–Kier alpha value is -4.46. The fourth-order valence-corrected chi connectivity index (χ4v) is 35.9. The third-order valence-corrected chi connectivity index (χ3v) is 41.0. The van der Waals surface area contributed by atoms with Crippen molar-refractivity contribution in [1.29, 1.82) is 0 Å². The summed E-state index contributed by atoms with van der Waals surface area (Å²) in [6, 6.07) is 45.9. The van der Waals surface area contributed by atoms with Crippen LogP contribution in [0, 0.1) is 27.7 Å². The van der Waals surface area contributed by atoms with Gasteiger partial charge in [-0.25, -0.2) is 0 Å². The molecule has 0 saturated heterocycles. The minimum absolute atomic E-state index is 0.468. The van der Waals surface area contributed by atoms with E-state index in [0.717, 1.165) is 0 Å². The molecule has 0 bridgehead atoms. The molecular formula is C52H50Hf. The summed E-state index contributed by atoms with van der Waals surface area (Å²) < 4.78 is 8.52. The van der Waals surface area contributed by atoms with Gasteiger partial charge in [0, 0.05) is 0 Å². The van der Waals surface area contributed by atoms with Crippen LogP contribution in [0.1, 0.15) is 71.1 Å². The number of aryl methyl sites for hydroxylation is 4. The van der Waals surface area contributed by atoms with E-state index in [4.69, 9.17) is 0 Å². The van der Waals surface area contributed by atoms with E-state index in [9.17, 15) is 0 Å². The molecule has 3 aliphatic carbocycles. The van der Waals surface area contributed by atoms with Gasteiger partial charge in [0.15, 0.2) is 0 Å². The zero-order chi connectivity index (χ0) is 36.5. The SMILES string of the molecule is Cc1cccc(C)c1-c1ccccc1-c1cccc2c1C=C[CH]2[Hf]([CH3])([CH3])(=[C]1CCC1)[CH]1C=Cc2c(-c3ccccc3-c3c(C)cccc3C)cccc21. The Morgan fingerprint density at radius 2 is 0.774 bits per heavy atom. The molecule has 0 aliphatic heterocycles. The normalized spacial score (nSPS) is 17.5. The first-order valence-electron chi connectivity index (χ1n) is 19.7. The topological polar surface area (TPSA) is 0 Å². The van der Waals surface area contributed by atoms with Gasteiger partial charge in [-0.2, -0.15) is 0 Å². The van der Waals surface area contributed by atoms with Gasteiger partial charge in [-0.3, -0.25) is 0 Å². The Bertz CT molecular complexity index is 2390. The molecule has 9 rings (SSSR count). The van der Waals surface area contributed by atoms with Crippen molar-refractivity contribution in [1.82, 2.24) is 0 Å². The van der Waals surface area contributed by atoms with Crippen molar-refractivity contribution < 1.29 is 18.0 Å². The number of allylic oxidation sites excluding steroid dienone is 2. The zero-order valence-corrected chi connectivity index (χ0v) is 35.7. The van der Waals surface area contributed by atoms with Gasteiger partial charge in [0.2, 0.25) is 0 Å². The van der Waals surface area contributed by atoms with Crippen LogP contribution in [-0.2, 0) is 18.0 Å². The van der Waals surface area contributed by atoms with Gasteiger partial charge >= 0.3 is 320 Å². The summed E-state index contributed by atoms with van der Waals surface area (Å²) in [6.07, 6.45) is 14.3. The summed E-state index contributed by atoms with van der Waals surface area (Å²) in [7, 11) is 0. The zero-order valence-electron chi connectivity index (χ0n) is 32.1. The molecule has 6 aromatic carbocycles. The van der Waals surface area contributed by atoms with Gasteiger partial charge in [0.1, 0.15) is 0 Å². The molecule has 0 aromatic heterocycles. The summed E-state index contributed by atoms with van der Waals surface area (Å²) in [5.41, 5.74) is 22.1. The van der Waals surface area contributed by atoms with Gasteiger partial charge in [0.05, 0.1) is 0 Å². The number of hydrogen-bond acceptors (Lipinski definition) is 0. The van der Waals surface area contributed by atoms with E-state index < -0.39 is 18.0 Å². The van der Waals surface area contributed by atoms with E-state index in [0.29, 0.717) is 7.35 Å². The molecule has 262 valence electrons. The van der Waals surface area contributed by atoms with Gasteiger partial charge < -0.3 is 0 Å². The third-order valence-electron chi connectivity index (χ3n) is 13.8. The van der Waals surface area contributed by atoms with Gasteiger partial charge in [0.25, 0.3) is 0 Å². The van der Waals surface area contributed by atoms with Crippen molar-refractivity contribution in [3.8, 4) is 44.5 Å². The molecule has 53 heavy (non-hydrogen) atoms. The summed E-state index contributed by atoms with van der Waals surface area (Å²) in [5, 5.41) is 0. The molecule has 1 fully saturated rings. The van der Waals surface area contributed by atoms with Crippen LogP contribution in [0.25, 0.3) is 56.7 Å². The Labute approximate surface area is 317 Å². The number of rotatable bonds is 6. The molecule has 1 saturated carbocycles. The van der Waals surface area contributed by atoms with Crippen molar-refractivity contribution in [3.63, 3.8) is 0 Å². The van der Waals surface area contributed by atoms with E-state index in [1.807, 2.05) is 3.26 Å². The van der Waals surface area contributed by atoms with Crippen molar-refractivity contribution in [3.05, 3.63) is 178 Å². The maximum absolute atomic E-state index is 4.03. The number of fused-ring (bicyclic) bond motifs is 2. The summed E-state index contributed by atoms with van der Waals surface area (Å²) in [5.74, 6) is 0. The first-order valence-corrected chi connectivity index (χ1v) is 32.8. The van der Waals surface area contributed by atoms with Crippen LogP contribution < -0.4 is 0 Å². The quantitative estimate of drug-likeness (QED) is 0.146. The van der Waals surface area contributed by atoms with Crippen LogP contribution in [0.4, 0.5) is 0 Å². The Kier molecular flexibility index (Phi) is 8.32. The van der Waals surface area contributed by atoms with Crippen molar-refractivity contribution in [2.45, 2.75) is 63.7 Å². The van der Waals surface area contributed by atoms with E-state index >= 15 is 0 Å². The van der Waals surface area contributed by atoms with E-state index in [1.54, 1.807) is 11.1 Å². The molecule has 0 spiro atoms. The summed E-state index contributed by atoms with van der Waals surface area (Å²) in [4.78, 5) is 0. The molecular weight excluding hydrogens is 803 g/mol. The summed E-state index contributed by atoms with van der Waals surface area (Å²) >= 11 is -4.03. The van der Waals surface area contributed by atoms with E-state index in [2.05, 4.69) is 183 Å². The fraction of sp³-hybridized carbons (Fsp3) is 0.212. The maximum atomic E-state index is 2.83. The van der Waals surface area contributed by atoms with Crippen LogP contribution in [0.15, 0.2) is 133 Å². The predicted octanol–water partition coefficient (Wildman–Crippen LogP) is 14.6. The van der Waals surface area contributed by atoms with E-state index in [-0.39, 0.29) is 0 Å². The van der Waals surface area contributed by atoms with Crippen LogP contribution in [0.3, 0.4) is 0 Å². The van der Waals surface area contributed by atoms with Gasteiger partial charge in [-0.1, -0.05) is 0 Å². The standard InChI is InChI=1S/2C23H19.C4H6.2CH3.Hf/c2*1-16-8-5-9-17(2)23(16)22-13-4-3-12-21(22)20-15-7-11-18-10-6-14-19(18)20;1-2-4-3-1;;;/h2*3-15H,1-2H3;1-3H2;2*1H3;. The average molecular weight is 853 g/mol. The summed E-state index contributed by atoms with van der Waals surface area (Å²) in [6.45, 7) is 9.01. The van der Waals surface area contributed by atoms with Crippen LogP contribution in [0.5, 0.6) is 0 Å². The molecule has 6 aromatic rings. The monoisotopic (exact) mass is 854 g/mol. The third kappa shape index (κ3) is 5.21. The minimum atomic E-state index is -4.03. The Balaban J connectivity index is 1.19. The van der Waals surface area contributed by atoms with Crippen LogP contribution in [0.2, 0.25) is 9.36 Å². The first kappa shape index (κ1) is 34.3. The average Bonchev–Trinajstić information content (AvgIpc) is 3.78. The van der Waals surface area contributed by atoms with Gasteiger partial charge in [-0.05, 0) is 0 Å². The van der Waals surface area contributed by atoms with E-state index in [1.165, 1.54) is 97.2 Å². The van der Waals surface area contributed by atoms with Crippen molar-refractivity contribution >= 4 is 15.4 Å². The molecule has 1 heteroatoms. The molecule has 2 atom stereocenters. The molecule has 0 amide bonds. The molecule has 3 aliphatic rings. The number of hydrogen-bond donors (Lipinski definition) is 0. The predicted molar refractivity (Wildman–Crippen MR) is 228 cm³/mol. The molecule has 0 N–H and O–H groups in total. The molecule has 0 nitrogen and oxygen atoms in total. The van der Waals surface area contributed by atoms with Crippen molar-refractivity contribution in [2.24, 2.45) is 0 Å². The Morgan fingerprint density at radius 1 is 0.415 bits per heavy atom. The first-order chi connectivity index (χ1) is 25.7. The van der Waals surface area contributed by atoms with Crippen molar-refractivity contribution in [2.75, 3.05) is 0 Å². The second-order valence-corrected chi connectivity index (χ2v) is 42.7. The Morgan fingerprint density at radius 3 is 1.15 bits per heavy atom. The van der Waals surface area contributed by atoms with Gasteiger partial charge in [-0.15, -0.1) is 0 Å². The molecule has 2 unspecified atom stereocenters. The molecule has 0 heterocycles.